The van der Waals surface area contributed by atoms with Crippen molar-refractivity contribution >= 4 is 86.7 Å². The molecule has 7 nitrogen and oxygen atoms in total. The van der Waals surface area contributed by atoms with Crippen molar-refractivity contribution in [2.75, 3.05) is 0 Å². The lowest BCUT2D eigenvalue weighted by Crippen LogP contribution is -1.94. The molecule has 0 unspecified atom stereocenters. The van der Waals surface area contributed by atoms with Gasteiger partial charge in [0.2, 0.25) is 0 Å². The van der Waals surface area contributed by atoms with Gasteiger partial charge in [-0.15, -0.1) is 0 Å². The molecule has 0 fully saturated rings. The second kappa shape index (κ2) is 26.3. The first-order valence-electron chi connectivity index (χ1n) is 35.1. The Morgan fingerprint density at radius 3 is 1.00 bits per heavy atom. The first-order chi connectivity index (χ1) is 51.5. The van der Waals surface area contributed by atoms with Gasteiger partial charge in [0, 0.05) is 77.7 Å². The van der Waals surface area contributed by atoms with E-state index in [2.05, 4.69) is 313 Å². The number of para-hydroxylation sites is 2. The third-order valence-electron chi connectivity index (χ3n) is 20.0. The molecule has 20 rings (SSSR count). The van der Waals surface area contributed by atoms with E-state index in [1.165, 1.54) is 49.0 Å². The van der Waals surface area contributed by atoms with Gasteiger partial charge in [0.1, 0.15) is 0 Å². The lowest BCUT2D eigenvalue weighted by Gasteiger charge is -2.15. The zero-order valence-electron chi connectivity index (χ0n) is 56.3. The maximum absolute atomic E-state index is 5.27. The summed E-state index contributed by atoms with van der Waals surface area (Å²) in [5, 5.41) is 14.0. The maximum atomic E-state index is 5.27. The van der Waals surface area contributed by atoms with Gasteiger partial charge in [-0.05, 0) is 127 Å². The fourth-order valence-corrected chi connectivity index (χ4v) is 15.0. The summed E-state index contributed by atoms with van der Waals surface area (Å²) in [6.45, 7) is 0. The lowest BCUT2D eigenvalue weighted by molar-refractivity contribution is 1.22. The first-order valence-corrected chi connectivity index (χ1v) is 35.1. The van der Waals surface area contributed by atoms with E-state index in [1.807, 2.05) is 54.6 Å². The Labute approximate surface area is 600 Å². The van der Waals surface area contributed by atoms with Crippen LogP contribution in [0.5, 0.6) is 0 Å². The van der Waals surface area contributed by atoms with Crippen LogP contribution >= 0.6 is 0 Å². The highest BCUT2D eigenvalue weighted by molar-refractivity contribution is 6.20. The van der Waals surface area contributed by atoms with Crippen molar-refractivity contribution in [2.24, 2.45) is 0 Å². The largest absolute Gasteiger partial charge is 0.255 e. The molecule has 0 N–H and O–H groups in total. The van der Waals surface area contributed by atoms with Crippen LogP contribution in [0.4, 0.5) is 0 Å². The third kappa shape index (κ3) is 11.3. The van der Waals surface area contributed by atoms with Gasteiger partial charge in [-0.1, -0.05) is 297 Å². The summed E-state index contributed by atoms with van der Waals surface area (Å²) in [5.74, 6) is 0. The zero-order valence-corrected chi connectivity index (χ0v) is 56.3. The smallest absolute Gasteiger partial charge is 0.0972 e. The Kier molecular flexibility index (Phi) is 15.4. The van der Waals surface area contributed by atoms with Crippen LogP contribution in [-0.4, -0.2) is 34.9 Å². The Balaban J connectivity index is 0.000000144. The number of fused-ring (bicyclic) bond motifs is 11. The highest BCUT2D eigenvalue weighted by Crippen LogP contribution is 2.44. The summed E-state index contributed by atoms with van der Waals surface area (Å²) in [7, 11) is 0. The zero-order chi connectivity index (χ0) is 68.9. The van der Waals surface area contributed by atoms with Crippen LogP contribution < -0.4 is 0 Å². The molecular weight excluding hydrogens is 1260 g/mol. The molecule has 0 spiro atoms. The number of nitrogens with zero attached hydrogens (tertiary/aromatic N) is 7. The average Bonchev–Trinajstić information content (AvgIpc) is 0.746. The minimum Gasteiger partial charge on any atom is -0.255 e. The molecule has 104 heavy (non-hydrogen) atoms. The number of hydrogen-bond acceptors (Lipinski definition) is 7. The Hall–Kier alpha value is -14.0. The van der Waals surface area contributed by atoms with Crippen molar-refractivity contribution in [1.82, 2.24) is 34.9 Å². The van der Waals surface area contributed by atoms with E-state index in [0.717, 1.165) is 150 Å². The van der Waals surface area contributed by atoms with E-state index in [1.54, 1.807) is 12.4 Å². The van der Waals surface area contributed by atoms with Crippen LogP contribution in [-0.2, 0) is 0 Å². The number of pyridine rings is 7. The van der Waals surface area contributed by atoms with Crippen LogP contribution in [0.1, 0.15) is 0 Å². The predicted octanol–water partition coefficient (Wildman–Crippen LogP) is 25.0. The molecule has 7 aromatic heterocycles. The van der Waals surface area contributed by atoms with Gasteiger partial charge in [0.05, 0.1) is 67.6 Å². The van der Waals surface area contributed by atoms with Crippen LogP contribution in [0.3, 0.4) is 0 Å². The van der Waals surface area contributed by atoms with Gasteiger partial charge in [-0.2, -0.15) is 0 Å². The quantitative estimate of drug-likeness (QED) is 0.126. The summed E-state index contributed by atoms with van der Waals surface area (Å²) in [6, 6.07) is 126. The van der Waals surface area contributed by atoms with E-state index >= 15 is 0 Å². The summed E-state index contributed by atoms with van der Waals surface area (Å²) in [6.07, 6.45) is 3.60. The molecule has 0 bridgehead atoms. The van der Waals surface area contributed by atoms with Gasteiger partial charge < -0.3 is 0 Å². The molecule has 7 heterocycles. The highest BCUT2D eigenvalue weighted by Gasteiger charge is 2.20. The van der Waals surface area contributed by atoms with Gasteiger partial charge in [-0.25, -0.2) is 24.9 Å². The highest BCUT2D eigenvalue weighted by atomic mass is 14.8. The summed E-state index contributed by atoms with van der Waals surface area (Å²) in [4.78, 5) is 34.9. The molecule has 0 aliphatic heterocycles. The molecule has 0 aliphatic rings. The summed E-state index contributed by atoms with van der Waals surface area (Å²) >= 11 is 0. The van der Waals surface area contributed by atoms with Crippen LogP contribution in [0.25, 0.3) is 199 Å². The van der Waals surface area contributed by atoms with Crippen molar-refractivity contribution in [3.05, 3.63) is 370 Å². The number of hydrogen-bond donors (Lipinski definition) is 0. The molecule has 7 heteroatoms. The second-order valence-electron chi connectivity index (χ2n) is 26.2. The topological polar surface area (TPSA) is 90.2 Å². The van der Waals surface area contributed by atoms with E-state index in [4.69, 9.17) is 24.9 Å². The van der Waals surface area contributed by atoms with Gasteiger partial charge in [0.25, 0.3) is 0 Å². The minimum atomic E-state index is 0.814. The van der Waals surface area contributed by atoms with Crippen LogP contribution in [0, 0.1) is 0 Å². The second-order valence-corrected chi connectivity index (χ2v) is 26.2. The van der Waals surface area contributed by atoms with Crippen LogP contribution in [0.2, 0.25) is 0 Å². The molecular formula is C97H61N7. The van der Waals surface area contributed by atoms with E-state index in [0.29, 0.717) is 0 Å². The lowest BCUT2D eigenvalue weighted by atomic mass is 9.91. The fourth-order valence-electron chi connectivity index (χ4n) is 15.0. The van der Waals surface area contributed by atoms with Gasteiger partial charge >= 0.3 is 0 Å². The monoisotopic (exact) mass is 1320 g/mol. The molecule has 0 amide bonds. The molecule has 0 atom stereocenters. The molecule has 0 saturated carbocycles. The molecule has 20 aromatic rings. The average molecular weight is 1320 g/mol. The molecule has 0 aliphatic carbocycles. The van der Waals surface area contributed by atoms with E-state index < -0.39 is 0 Å². The number of benzene rings is 13. The SMILES string of the molecule is c1ccc(-c2cc(-c3ccc(-c4ccc(-c5cccc6c(-c7cccc8ccccc78)nc7ccccc7c56)cc4)cc3)cc(-c3ccccn3)n2)nc1.c1ccc(-c2ccc3ccc4ccc(-c5ccc(-c6cccc7c(-c8cccc9ccccc89)nc8ccccc8c67)cc5)nc4c3n2)cc1. The van der Waals surface area contributed by atoms with Crippen molar-refractivity contribution in [1.29, 1.82) is 0 Å². The van der Waals surface area contributed by atoms with E-state index in [-0.39, 0.29) is 0 Å². The Morgan fingerprint density at radius 2 is 0.529 bits per heavy atom. The van der Waals surface area contributed by atoms with Gasteiger partial charge in [0.15, 0.2) is 0 Å². The molecule has 0 saturated heterocycles. The van der Waals surface area contributed by atoms with Crippen molar-refractivity contribution in [3.63, 3.8) is 0 Å². The first kappa shape index (κ1) is 61.1. The molecule has 13 aromatic carbocycles. The predicted molar refractivity (Wildman–Crippen MR) is 432 cm³/mol. The fraction of sp³-hybridized carbons (Fsp3) is 0. The Bertz CT molecular complexity index is 6620. The van der Waals surface area contributed by atoms with Crippen LogP contribution in [0.15, 0.2) is 370 Å². The maximum Gasteiger partial charge on any atom is 0.0972 e. The number of rotatable bonds is 10. The van der Waals surface area contributed by atoms with Gasteiger partial charge in [-0.3, -0.25) is 9.97 Å². The molecule has 484 valence electrons. The van der Waals surface area contributed by atoms with Crippen molar-refractivity contribution < 1.29 is 0 Å². The molecule has 0 radical (unpaired) electrons. The minimum absolute atomic E-state index is 0.814. The number of aromatic nitrogens is 7. The third-order valence-corrected chi connectivity index (χ3v) is 20.0. The summed E-state index contributed by atoms with van der Waals surface area (Å²) in [5.41, 5.74) is 24.6. The summed E-state index contributed by atoms with van der Waals surface area (Å²) < 4.78 is 0. The van der Waals surface area contributed by atoms with E-state index in [9.17, 15) is 0 Å². The van der Waals surface area contributed by atoms with Crippen molar-refractivity contribution in [3.8, 4) is 112 Å². The standard InChI is InChI=1S/C50H32N4.C47H29N3/c1-2-13-39-36(11-1)12-9-16-41(39)50-43-17-10-15-40(49(43)42-14-3-4-18-44(42)54-50)37-27-25-34(26-28-37)33-21-23-35(24-22-33)38-31-47(45-19-5-7-29-51-45)53-48(32-38)46-20-6-8-30-52-46;1-2-11-32(12-3-1)41-28-26-34-24-25-35-27-29-42(49-46(35)45(34)48-41)33-22-20-31(21-23-33)37-16-9-18-40-44(37)39-15-6-7-19-43(39)50-47(40)38-17-8-13-30-10-4-5-14-36(30)38/h1-32H;1-29H. The normalized spacial score (nSPS) is 11.5. The Morgan fingerprint density at radius 1 is 0.173 bits per heavy atom. The van der Waals surface area contributed by atoms with Crippen molar-refractivity contribution in [2.45, 2.75) is 0 Å².